The van der Waals surface area contributed by atoms with Crippen LogP contribution in [-0.2, 0) is 9.59 Å². The van der Waals surface area contributed by atoms with Crippen molar-refractivity contribution in [1.29, 1.82) is 0 Å². The summed E-state index contributed by atoms with van der Waals surface area (Å²) in [7, 11) is 0. The van der Waals surface area contributed by atoms with E-state index in [1.807, 2.05) is 26.0 Å². The van der Waals surface area contributed by atoms with Crippen LogP contribution in [0.5, 0.6) is 0 Å². The first-order chi connectivity index (χ1) is 13.9. The molecule has 1 saturated heterocycles. The lowest BCUT2D eigenvalue weighted by molar-refractivity contribution is -0.128. The number of amidine groups is 1. The van der Waals surface area contributed by atoms with Gasteiger partial charge in [-0.3, -0.25) is 14.5 Å². The molecule has 0 aromatic heterocycles. The Kier molecular flexibility index (Phi) is 5.41. The van der Waals surface area contributed by atoms with E-state index in [0.717, 1.165) is 29.7 Å². The van der Waals surface area contributed by atoms with Crippen molar-refractivity contribution in [2.24, 2.45) is 4.99 Å². The zero-order valence-electron chi connectivity index (χ0n) is 16.3. The average molecular weight is 412 g/mol. The third kappa shape index (κ3) is 4.67. The number of carbonyl (C=O) groups excluding carboxylic acids is 2. The number of aryl methyl sites for hydroxylation is 2. The quantitative estimate of drug-likeness (QED) is 0.784. The summed E-state index contributed by atoms with van der Waals surface area (Å²) in [4.78, 5) is 31.9. The lowest BCUT2D eigenvalue weighted by Gasteiger charge is -2.15. The second kappa shape index (κ2) is 7.99. The zero-order chi connectivity index (χ0) is 20.5. The van der Waals surface area contributed by atoms with Crippen LogP contribution in [0.3, 0.4) is 0 Å². The Morgan fingerprint density at radius 2 is 1.83 bits per heavy atom. The predicted molar refractivity (Wildman–Crippen MR) is 114 cm³/mol. The highest BCUT2D eigenvalue weighted by Gasteiger charge is 2.46. The minimum Gasteiger partial charge on any atom is -0.326 e. The molecule has 2 fully saturated rings. The van der Waals surface area contributed by atoms with Crippen LogP contribution in [0, 0.1) is 19.7 Å². The summed E-state index contributed by atoms with van der Waals surface area (Å²) in [6, 6.07) is 11.8. The first kappa shape index (κ1) is 19.6. The van der Waals surface area contributed by atoms with Crippen molar-refractivity contribution in [3.63, 3.8) is 0 Å². The summed E-state index contributed by atoms with van der Waals surface area (Å²) in [6.07, 6.45) is 1.98. The van der Waals surface area contributed by atoms with E-state index in [2.05, 4.69) is 11.4 Å². The van der Waals surface area contributed by atoms with Crippen LogP contribution in [0.1, 0.15) is 30.4 Å². The summed E-state index contributed by atoms with van der Waals surface area (Å²) >= 11 is 1.35. The Hall–Kier alpha value is -2.67. The van der Waals surface area contributed by atoms with Gasteiger partial charge in [0.25, 0.3) is 0 Å². The Bertz CT molecular complexity index is 966. The van der Waals surface area contributed by atoms with Crippen molar-refractivity contribution in [2.45, 2.75) is 44.4 Å². The molecule has 0 bridgehead atoms. The van der Waals surface area contributed by atoms with Crippen molar-refractivity contribution in [2.75, 3.05) is 5.32 Å². The van der Waals surface area contributed by atoms with E-state index in [-0.39, 0.29) is 30.1 Å². The SMILES string of the molecule is Cc1cc(C)cc(N=C2S[C@@H](CC(=O)Nc3ccc(F)cc3)C(=O)N2C2CC2)c1. The smallest absolute Gasteiger partial charge is 0.242 e. The number of hydrogen-bond donors (Lipinski definition) is 1. The molecule has 1 aliphatic carbocycles. The maximum atomic E-state index is 13.0. The summed E-state index contributed by atoms with van der Waals surface area (Å²) in [6.45, 7) is 4.04. The van der Waals surface area contributed by atoms with Crippen LogP contribution in [0.15, 0.2) is 47.5 Å². The van der Waals surface area contributed by atoms with Crippen LogP contribution in [0.4, 0.5) is 15.8 Å². The Balaban J connectivity index is 1.50. The van der Waals surface area contributed by atoms with Gasteiger partial charge in [0.1, 0.15) is 11.1 Å². The first-order valence-electron chi connectivity index (χ1n) is 9.61. The van der Waals surface area contributed by atoms with E-state index in [0.29, 0.717) is 10.9 Å². The second-order valence-electron chi connectivity index (χ2n) is 7.55. The van der Waals surface area contributed by atoms with Gasteiger partial charge in [-0.2, -0.15) is 0 Å². The molecule has 2 aromatic carbocycles. The molecule has 2 amide bonds. The molecule has 29 heavy (non-hydrogen) atoms. The summed E-state index contributed by atoms with van der Waals surface area (Å²) in [5.74, 6) is -0.697. The molecule has 1 atom stereocenters. The topological polar surface area (TPSA) is 61.8 Å². The number of halogens is 1. The molecule has 1 saturated carbocycles. The number of nitrogens with one attached hydrogen (secondary N) is 1. The monoisotopic (exact) mass is 411 g/mol. The van der Waals surface area contributed by atoms with E-state index >= 15 is 0 Å². The van der Waals surface area contributed by atoms with E-state index in [9.17, 15) is 14.0 Å². The highest BCUT2D eigenvalue weighted by molar-refractivity contribution is 8.15. The van der Waals surface area contributed by atoms with Gasteiger partial charge in [0.15, 0.2) is 5.17 Å². The van der Waals surface area contributed by atoms with Crippen molar-refractivity contribution in [3.8, 4) is 0 Å². The molecule has 0 unspecified atom stereocenters. The molecular weight excluding hydrogens is 389 g/mol. The molecule has 1 heterocycles. The number of benzene rings is 2. The van der Waals surface area contributed by atoms with Crippen molar-refractivity contribution >= 4 is 40.1 Å². The van der Waals surface area contributed by atoms with Crippen molar-refractivity contribution < 1.29 is 14.0 Å². The highest BCUT2D eigenvalue weighted by Crippen LogP contribution is 2.39. The van der Waals surface area contributed by atoms with Crippen molar-refractivity contribution in [1.82, 2.24) is 4.90 Å². The number of thioether (sulfide) groups is 1. The van der Waals surface area contributed by atoms with Gasteiger partial charge in [0.05, 0.1) is 5.69 Å². The lowest BCUT2D eigenvalue weighted by atomic mass is 10.1. The number of carbonyl (C=O) groups is 2. The molecule has 0 spiro atoms. The number of nitrogens with zero attached hydrogens (tertiary/aromatic N) is 2. The molecule has 2 aromatic rings. The summed E-state index contributed by atoms with van der Waals surface area (Å²) < 4.78 is 13.0. The van der Waals surface area contributed by atoms with Gasteiger partial charge in [-0.05, 0) is 74.2 Å². The van der Waals surface area contributed by atoms with Crippen LogP contribution < -0.4 is 5.32 Å². The average Bonchev–Trinajstić information content (AvgIpc) is 3.42. The first-order valence-corrected chi connectivity index (χ1v) is 10.5. The van der Waals surface area contributed by atoms with E-state index in [4.69, 9.17) is 4.99 Å². The molecular formula is C22H22FN3O2S. The Labute approximate surface area is 173 Å². The fraction of sp³-hybridized carbons (Fsp3) is 0.318. The Morgan fingerprint density at radius 3 is 2.45 bits per heavy atom. The van der Waals surface area contributed by atoms with Crippen molar-refractivity contribution in [3.05, 3.63) is 59.4 Å². The number of aliphatic imine (C=N–C) groups is 1. The van der Waals surface area contributed by atoms with E-state index in [1.165, 1.54) is 36.0 Å². The standard InChI is InChI=1S/C22H22FN3O2S/c1-13-9-14(2)11-17(10-13)25-22-26(18-7-8-18)21(28)19(29-22)12-20(27)24-16-5-3-15(23)4-6-16/h3-6,9-11,18-19H,7-8,12H2,1-2H3,(H,24,27)/t19-/m0/s1. The number of anilines is 1. The van der Waals surface area contributed by atoms with Gasteiger partial charge in [-0.15, -0.1) is 0 Å². The molecule has 0 radical (unpaired) electrons. The van der Waals surface area contributed by atoms with Crippen LogP contribution in [0.25, 0.3) is 0 Å². The second-order valence-corrected chi connectivity index (χ2v) is 8.72. The van der Waals surface area contributed by atoms with Gasteiger partial charge in [0.2, 0.25) is 11.8 Å². The van der Waals surface area contributed by atoms with Gasteiger partial charge in [-0.1, -0.05) is 17.8 Å². The van der Waals surface area contributed by atoms with Gasteiger partial charge in [-0.25, -0.2) is 9.38 Å². The summed E-state index contributed by atoms with van der Waals surface area (Å²) in [5, 5.41) is 2.90. The van der Waals surface area contributed by atoms with Crippen LogP contribution >= 0.6 is 11.8 Å². The molecule has 7 heteroatoms. The number of hydrogen-bond acceptors (Lipinski definition) is 4. The highest BCUT2D eigenvalue weighted by atomic mass is 32.2. The Morgan fingerprint density at radius 1 is 1.17 bits per heavy atom. The van der Waals surface area contributed by atoms with Crippen LogP contribution in [0.2, 0.25) is 0 Å². The fourth-order valence-electron chi connectivity index (χ4n) is 3.40. The normalized spacial score (nSPS) is 20.4. The molecule has 4 rings (SSSR count). The van der Waals surface area contributed by atoms with Gasteiger partial charge >= 0.3 is 0 Å². The summed E-state index contributed by atoms with van der Waals surface area (Å²) in [5.41, 5.74) is 3.56. The van der Waals surface area contributed by atoms with E-state index < -0.39 is 5.25 Å². The molecule has 5 nitrogen and oxygen atoms in total. The molecule has 1 N–H and O–H groups in total. The third-order valence-corrected chi connectivity index (χ3v) is 5.96. The van der Waals surface area contributed by atoms with E-state index in [1.54, 1.807) is 4.90 Å². The zero-order valence-corrected chi connectivity index (χ0v) is 17.1. The minimum absolute atomic E-state index is 0.0515. The van der Waals surface area contributed by atoms with Gasteiger partial charge in [0, 0.05) is 18.2 Å². The maximum absolute atomic E-state index is 13.0. The minimum atomic E-state index is -0.499. The largest absolute Gasteiger partial charge is 0.326 e. The molecule has 2 aliphatic rings. The number of amides is 2. The number of rotatable bonds is 5. The van der Waals surface area contributed by atoms with Gasteiger partial charge < -0.3 is 5.32 Å². The molecule has 150 valence electrons. The third-order valence-electron chi connectivity index (χ3n) is 4.81. The molecule has 1 aliphatic heterocycles. The maximum Gasteiger partial charge on any atom is 0.242 e. The van der Waals surface area contributed by atoms with Crippen LogP contribution in [-0.4, -0.2) is 33.2 Å². The lowest BCUT2D eigenvalue weighted by Crippen LogP contribution is -2.35. The fourth-order valence-corrected chi connectivity index (χ4v) is 4.62. The predicted octanol–water partition coefficient (Wildman–Crippen LogP) is 4.57.